The van der Waals surface area contributed by atoms with E-state index < -0.39 is 12.3 Å². The van der Waals surface area contributed by atoms with Crippen LogP contribution in [0.3, 0.4) is 0 Å². The molecule has 1 aromatic carbocycles. The third-order valence-corrected chi connectivity index (χ3v) is 5.53. The van der Waals surface area contributed by atoms with Gasteiger partial charge < -0.3 is 18.6 Å². The van der Waals surface area contributed by atoms with Crippen LogP contribution in [0.2, 0.25) is 0 Å². The predicted molar refractivity (Wildman–Crippen MR) is 112 cm³/mol. The highest BCUT2D eigenvalue weighted by molar-refractivity contribution is 5.77. The minimum Gasteiger partial charge on any atom is -0.487 e. The van der Waals surface area contributed by atoms with Crippen LogP contribution in [0.5, 0.6) is 5.75 Å². The van der Waals surface area contributed by atoms with Gasteiger partial charge in [0.25, 0.3) is 5.89 Å². The molecule has 0 atom stereocenters. The van der Waals surface area contributed by atoms with E-state index in [1.165, 1.54) is 32.1 Å². The van der Waals surface area contributed by atoms with E-state index in [0.717, 1.165) is 24.1 Å². The molecular formula is C22H22F2N6O2. The van der Waals surface area contributed by atoms with Gasteiger partial charge >= 0.3 is 6.43 Å². The van der Waals surface area contributed by atoms with Crippen LogP contribution < -0.4 is 4.74 Å². The van der Waals surface area contributed by atoms with Gasteiger partial charge in [0.15, 0.2) is 0 Å². The summed E-state index contributed by atoms with van der Waals surface area (Å²) in [5, 5.41) is 6.94. The largest absolute Gasteiger partial charge is 0.487 e. The molecule has 8 nitrogen and oxygen atoms in total. The highest BCUT2D eigenvalue weighted by Crippen LogP contribution is 2.24. The standard InChI is InChI=1S/C22H22F2N6O2/c23-20(24)22-28-27-21(32-22)15-3-4-16(25-12-15)13-31-17-5-6-19-18(11-17)26-14-30(19)10-9-29-7-1-2-8-29/h3-6,11-12,14,20H,1-2,7-10,13H2. The Morgan fingerprint density at radius 3 is 2.66 bits per heavy atom. The Kier molecular flexibility index (Phi) is 5.76. The third-order valence-electron chi connectivity index (χ3n) is 5.53. The minimum absolute atomic E-state index is 0.00559. The van der Waals surface area contributed by atoms with Gasteiger partial charge in [0, 0.05) is 25.4 Å². The highest BCUT2D eigenvalue weighted by atomic mass is 19.3. The average molecular weight is 440 g/mol. The van der Waals surface area contributed by atoms with Crippen molar-refractivity contribution in [3.8, 4) is 17.2 Å². The lowest BCUT2D eigenvalue weighted by Crippen LogP contribution is -2.23. The van der Waals surface area contributed by atoms with Crippen LogP contribution in [0.1, 0.15) is 30.9 Å². The normalized spacial score (nSPS) is 14.6. The number of nitrogens with zero attached hydrogens (tertiary/aromatic N) is 6. The van der Waals surface area contributed by atoms with Gasteiger partial charge in [-0.2, -0.15) is 8.78 Å². The zero-order valence-electron chi connectivity index (χ0n) is 17.3. The Hall–Kier alpha value is -3.40. The quantitative estimate of drug-likeness (QED) is 0.408. The first-order valence-electron chi connectivity index (χ1n) is 10.5. The van der Waals surface area contributed by atoms with Gasteiger partial charge in [0.05, 0.1) is 28.6 Å². The summed E-state index contributed by atoms with van der Waals surface area (Å²) in [6, 6.07) is 9.27. The average Bonchev–Trinajstić information content (AvgIpc) is 3.57. The van der Waals surface area contributed by atoms with Gasteiger partial charge in [-0.15, -0.1) is 10.2 Å². The lowest BCUT2D eigenvalue weighted by atomic mass is 10.2. The van der Waals surface area contributed by atoms with E-state index in [1.54, 1.807) is 12.1 Å². The fourth-order valence-electron chi connectivity index (χ4n) is 3.80. The van der Waals surface area contributed by atoms with Crippen molar-refractivity contribution in [2.45, 2.75) is 32.4 Å². The molecular weight excluding hydrogens is 418 g/mol. The second-order valence-electron chi connectivity index (χ2n) is 7.71. The van der Waals surface area contributed by atoms with Crippen molar-refractivity contribution in [2.24, 2.45) is 0 Å². The molecule has 3 aromatic heterocycles. The van der Waals surface area contributed by atoms with Gasteiger partial charge in [-0.05, 0) is 50.2 Å². The summed E-state index contributed by atoms with van der Waals surface area (Å²) >= 11 is 0. The number of aromatic nitrogens is 5. The van der Waals surface area contributed by atoms with Crippen LogP contribution in [0, 0.1) is 0 Å². The molecule has 0 radical (unpaired) electrons. The maximum Gasteiger partial charge on any atom is 0.314 e. The van der Waals surface area contributed by atoms with Gasteiger partial charge in [-0.3, -0.25) is 4.98 Å². The number of hydrogen-bond donors (Lipinski definition) is 0. The number of fused-ring (bicyclic) bond motifs is 1. The lowest BCUT2D eigenvalue weighted by molar-refractivity contribution is 0.116. The van der Waals surface area contributed by atoms with Crippen LogP contribution in [0.15, 0.2) is 47.3 Å². The Balaban J connectivity index is 1.20. The molecule has 4 aromatic rings. The lowest BCUT2D eigenvalue weighted by Gasteiger charge is -2.15. The molecule has 1 aliphatic rings. The van der Waals surface area contributed by atoms with E-state index >= 15 is 0 Å². The molecule has 0 unspecified atom stereocenters. The van der Waals surface area contributed by atoms with Crippen molar-refractivity contribution in [1.29, 1.82) is 0 Å². The van der Waals surface area contributed by atoms with Crippen LogP contribution in [-0.2, 0) is 13.2 Å². The van der Waals surface area contributed by atoms with Crippen molar-refractivity contribution < 1.29 is 17.9 Å². The maximum atomic E-state index is 12.6. The smallest absolute Gasteiger partial charge is 0.314 e. The molecule has 0 bridgehead atoms. The molecule has 1 fully saturated rings. The zero-order chi connectivity index (χ0) is 21.9. The topological polar surface area (TPSA) is 82.1 Å². The predicted octanol–water partition coefficient (Wildman–Crippen LogP) is 4.09. The number of likely N-dealkylation sites (tertiary alicyclic amines) is 1. The number of ether oxygens (including phenoxy) is 1. The van der Waals surface area contributed by atoms with Crippen molar-refractivity contribution in [2.75, 3.05) is 19.6 Å². The summed E-state index contributed by atoms with van der Waals surface area (Å²) in [7, 11) is 0. The van der Waals surface area contributed by atoms with Crippen LogP contribution >= 0.6 is 0 Å². The molecule has 1 saturated heterocycles. The highest BCUT2D eigenvalue weighted by Gasteiger charge is 2.17. The number of benzene rings is 1. The Morgan fingerprint density at radius 2 is 1.91 bits per heavy atom. The molecule has 5 rings (SSSR count). The molecule has 0 spiro atoms. The second-order valence-corrected chi connectivity index (χ2v) is 7.71. The molecule has 0 saturated carbocycles. The van der Waals surface area contributed by atoms with E-state index in [9.17, 15) is 8.78 Å². The van der Waals surface area contributed by atoms with E-state index in [2.05, 4.69) is 29.6 Å². The summed E-state index contributed by atoms with van der Waals surface area (Å²) in [6.45, 7) is 4.59. The first-order chi connectivity index (χ1) is 15.7. The molecule has 166 valence electrons. The fourth-order valence-corrected chi connectivity index (χ4v) is 3.80. The van der Waals surface area contributed by atoms with E-state index in [-0.39, 0.29) is 12.5 Å². The third kappa shape index (κ3) is 4.45. The van der Waals surface area contributed by atoms with Crippen LogP contribution in [-0.4, -0.2) is 49.3 Å². The molecule has 1 aliphatic heterocycles. The monoisotopic (exact) mass is 440 g/mol. The van der Waals surface area contributed by atoms with E-state index in [1.807, 2.05) is 24.5 Å². The molecule has 0 N–H and O–H groups in total. The van der Waals surface area contributed by atoms with Crippen LogP contribution in [0.4, 0.5) is 8.78 Å². The molecule has 10 heteroatoms. The number of halogens is 2. The maximum absolute atomic E-state index is 12.6. The first kappa shape index (κ1) is 20.5. The van der Waals surface area contributed by atoms with Gasteiger partial charge in [0.1, 0.15) is 12.4 Å². The fraction of sp³-hybridized carbons (Fsp3) is 0.364. The second kappa shape index (κ2) is 8.99. The van der Waals surface area contributed by atoms with Crippen molar-refractivity contribution in [3.63, 3.8) is 0 Å². The van der Waals surface area contributed by atoms with E-state index in [4.69, 9.17) is 9.15 Å². The summed E-state index contributed by atoms with van der Waals surface area (Å²) < 4.78 is 38.1. The number of rotatable bonds is 8. The van der Waals surface area contributed by atoms with Gasteiger partial charge in [-0.25, -0.2) is 4.98 Å². The van der Waals surface area contributed by atoms with E-state index in [0.29, 0.717) is 17.0 Å². The Bertz CT molecular complexity index is 1180. The molecule has 0 aliphatic carbocycles. The minimum atomic E-state index is -2.80. The Labute approximate surface area is 182 Å². The summed E-state index contributed by atoms with van der Waals surface area (Å²) in [4.78, 5) is 11.3. The summed E-state index contributed by atoms with van der Waals surface area (Å²) in [5.74, 6) is -0.000951. The van der Waals surface area contributed by atoms with Gasteiger partial charge in [0.2, 0.25) is 5.89 Å². The van der Waals surface area contributed by atoms with Gasteiger partial charge in [-0.1, -0.05) is 0 Å². The van der Waals surface area contributed by atoms with Crippen molar-refractivity contribution in [3.05, 3.63) is 54.4 Å². The molecule has 32 heavy (non-hydrogen) atoms. The number of hydrogen-bond acceptors (Lipinski definition) is 7. The van der Waals surface area contributed by atoms with Crippen molar-refractivity contribution in [1.82, 2.24) is 29.6 Å². The number of pyridine rings is 1. The number of alkyl halides is 2. The molecule has 4 heterocycles. The summed E-state index contributed by atoms with van der Waals surface area (Å²) in [5.41, 5.74) is 3.12. The summed E-state index contributed by atoms with van der Waals surface area (Å²) in [6.07, 6.45) is 3.15. The SMILES string of the molecule is FC(F)c1nnc(-c2ccc(COc3ccc4c(c3)ncn4CCN3CCCC3)nc2)o1. The number of imidazole rings is 1. The Morgan fingerprint density at radius 1 is 1.03 bits per heavy atom. The first-order valence-corrected chi connectivity index (χ1v) is 10.5. The zero-order valence-corrected chi connectivity index (χ0v) is 17.3. The van der Waals surface area contributed by atoms with Crippen LogP contribution in [0.25, 0.3) is 22.5 Å². The van der Waals surface area contributed by atoms with Crippen molar-refractivity contribution >= 4 is 11.0 Å². The molecule has 0 amide bonds.